The number of aryl methyl sites for hydroxylation is 1. The highest BCUT2D eigenvalue weighted by atomic mass is 32.1. The van der Waals surface area contributed by atoms with Crippen LogP contribution < -0.4 is 10.2 Å². The Kier molecular flexibility index (Phi) is 4.59. The molecule has 5 heteroatoms. The van der Waals surface area contributed by atoms with Crippen molar-refractivity contribution in [3.63, 3.8) is 0 Å². The Labute approximate surface area is 114 Å². The van der Waals surface area contributed by atoms with Crippen LogP contribution in [0, 0.1) is 12.8 Å². The maximum absolute atomic E-state index is 4.68. The number of rotatable bonds is 5. The van der Waals surface area contributed by atoms with Crippen molar-refractivity contribution in [3.8, 4) is 0 Å². The van der Waals surface area contributed by atoms with Gasteiger partial charge in [0.15, 0.2) is 5.13 Å². The number of hydrogen-bond acceptors (Lipinski definition) is 5. The number of thiazole rings is 1. The topological polar surface area (TPSA) is 31.4 Å². The second-order valence-electron chi connectivity index (χ2n) is 5.33. The van der Waals surface area contributed by atoms with Crippen molar-refractivity contribution in [1.82, 2.24) is 15.2 Å². The van der Waals surface area contributed by atoms with Crippen molar-refractivity contribution in [2.24, 2.45) is 5.92 Å². The van der Waals surface area contributed by atoms with Crippen LogP contribution in [0.5, 0.6) is 0 Å². The summed E-state index contributed by atoms with van der Waals surface area (Å²) in [4.78, 5) is 10.8. The van der Waals surface area contributed by atoms with E-state index in [1.165, 1.54) is 30.1 Å². The molecule has 1 aliphatic heterocycles. The van der Waals surface area contributed by atoms with E-state index in [0.29, 0.717) is 0 Å². The second-order valence-corrected chi connectivity index (χ2v) is 6.39. The average Bonchev–Trinajstić information content (AvgIpc) is 2.87. The van der Waals surface area contributed by atoms with Gasteiger partial charge in [-0.3, -0.25) is 0 Å². The minimum Gasteiger partial charge on any atom is -0.351 e. The van der Waals surface area contributed by atoms with E-state index < -0.39 is 0 Å². The molecule has 1 N–H and O–H groups in total. The molecule has 0 radical (unpaired) electrons. The summed E-state index contributed by atoms with van der Waals surface area (Å²) in [6, 6.07) is 0. The molecule has 0 aliphatic carbocycles. The van der Waals surface area contributed by atoms with Gasteiger partial charge in [0.2, 0.25) is 0 Å². The number of aromatic nitrogens is 1. The second kappa shape index (κ2) is 5.99. The molecule has 0 aromatic carbocycles. The highest BCUT2D eigenvalue weighted by Crippen LogP contribution is 2.26. The summed E-state index contributed by atoms with van der Waals surface area (Å²) < 4.78 is 0. The zero-order valence-corrected chi connectivity index (χ0v) is 12.7. The van der Waals surface area contributed by atoms with Crippen molar-refractivity contribution < 1.29 is 0 Å². The Bertz CT molecular complexity index is 390. The Hall–Kier alpha value is -0.650. The van der Waals surface area contributed by atoms with E-state index in [0.717, 1.165) is 24.1 Å². The highest BCUT2D eigenvalue weighted by molar-refractivity contribution is 7.15. The first-order chi connectivity index (χ1) is 8.60. The Morgan fingerprint density at radius 1 is 1.56 bits per heavy atom. The number of nitrogens with one attached hydrogen (secondary N) is 1. The highest BCUT2D eigenvalue weighted by Gasteiger charge is 2.22. The molecule has 2 rings (SSSR count). The molecular weight excluding hydrogens is 244 g/mol. The fourth-order valence-electron chi connectivity index (χ4n) is 2.54. The third-order valence-electron chi connectivity index (χ3n) is 3.57. The first kappa shape index (κ1) is 13.8. The van der Waals surface area contributed by atoms with Crippen LogP contribution in [0.25, 0.3) is 0 Å². The summed E-state index contributed by atoms with van der Waals surface area (Å²) >= 11 is 1.82. The molecule has 2 heterocycles. The van der Waals surface area contributed by atoms with Crippen LogP contribution in [0.1, 0.15) is 17.0 Å². The average molecular weight is 268 g/mol. The molecule has 1 aromatic heterocycles. The molecule has 1 atom stereocenters. The van der Waals surface area contributed by atoms with Crippen LogP contribution in [-0.4, -0.2) is 50.7 Å². The van der Waals surface area contributed by atoms with Gasteiger partial charge in [0.05, 0.1) is 5.69 Å². The molecule has 1 saturated heterocycles. The predicted octanol–water partition coefficient (Wildman–Crippen LogP) is 1.56. The molecule has 0 spiro atoms. The van der Waals surface area contributed by atoms with Crippen LogP contribution in [0.15, 0.2) is 0 Å². The quantitative estimate of drug-likeness (QED) is 0.878. The Balaban J connectivity index is 1.95. The van der Waals surface area contributed by atoms with Gasteiger partial charge in [-0.2, -0.15) is 0 Å². The van der Waals surface area contributed by atoms with E-state index >= 15 is 0 Å². The number of likely N-dealkylation sites (tertiary alicyclic amines) is 1. The predicted molar refractivity (Wildman–Crippen MR) is 78.5 cm³/mol. The standard InChI is InChI=1S/C13H24N4S/c1-10-12(7-14-2)18-13(15-10)17(4)9-11-5-6-16(3)8-11/h11,14H,5-9H2,1-4H3. The SMILES string of the molecule is CNCc1sc(N(C)CC2CCN(C)C2)nc1C. The van der Waals surface area contributed by atoms with Crippen molar-refractivity contribution in [1.29, 1.82) is 0 Å². The molecule has 1 aliphatic rings. The summed E-state index contributed by atoms with van der Waals surface area (Å²) in [7, 11) is 6.36. The normalized spacial score (nSPS) is 20.6. The van der Waals surface area contributed by atoms with Gasteiger partial charge in [-0.1, -0.05) is 0 Å². The smallest absolute Gasteiger partial charge is 0.185 e. The van der Waals surface area contributed by atoms with Gasteiger partial charge < -0.3 is 15.1 Å². The fraction of sp³-hybridized carbons (Fsp3) is 0.769. The molecule has 0 amide bonds. The molecule has 0 saturated carbocycles. The van der Waals surface area contributed by atoms with Crippen molar-refractivity contribution >= 4 is 16.5 Å². The summed E-state index contributed by atoms with van der Waals surface area (Å²) in [5, 5.41) is 4.36. The third-order valence-corrected chi connectivity index (χ3v) is 4.84. The maximum atomic E-state index is 4.68. The third kappa shape index (κ3) is 3.22. The van der Waals surface area contributed by atoms with Crippen molar-refractivity contribution in [3.05, 3.63) is 10.6 Å². The zero-order chi connectivity index (χ0) is 13.1. The van der Waals surface area contributed by atoms with E-state index in [4.69, 9.17) is 0 Å². The summed E-state index contributed by atoms with van der Waals surface area (Å²) in [6.45, 7) is 6.60. The lowest BCUT2D eigenvalue weighted by Crippen LogP contribution is -2.27. The van der Waals surface area contributed by atoms with Crippen LogP contribution in [0.3, 0.4) is 0 Å². The molecule has 102 valence electrons. The minimum atomic E-state index is 0.789. The first-order valence-corrected chi connectivity index (χ1v) is 7.42. The van der Waals surface area contributed by atoms with E-state index in [1.54, 1.807) is 0 Å². The number of anilines is 1. The largest absolute Gasteiger partial charge is 0.351 e. The molecule has 1 fully saturated rings. The Morgan fingerprint density at radius 3 is 2.94 bits per heavy atom. The summed E-state index contributed by atoms with van der Waals surface area (Å²) in [6.07, 6.45) is 1.31. The molecule has 0 bridgehead atoms. The van der Waals surface area contributed by atoms with Crippen molar-refractivity contribution in [2.75, 3.05) is 45.7 Å². The van der Waals surface area contributed by atoms with Gasteiger partial charge in [0, 0.05) is 31.6 Å². The van der Waals surface area contributed by atoms with Crippen LogP contribution in [-0.2, 0) is 6.54 Å². The first-order valence-electron chi connectivity index (χ1n) is 6.60. The van der Waals surface area contributed by atoms with Gasteiger partial charge in [-0.05, 0) is 39.9 Å². The lowest BCUT2D eigenvalue weighted by molar-refractivity contribution is 0.396. The van der Waals surface area contributed by atoms with Crippen LogP contribution in [0.4, 0.5) is 5.13 Å². The minimum absolute atomic E-state index is 0.789. The Morgan fingerprint density at radius 2 is 2.33 bits per heavy atom. The molecule has 1 unspecified atom stereocenters. The lowest BCUT2D eigenvalue weighted by Gasteiger charge is -2.20. The lowest BCUT2D eigenvalue weighted by atomic mass is 10.1. The maximum Gasteiger partial charge on any atom is 0.185 e. The molecule has 18 heavy (non-hydrogen) atoms. The van der Waals surface area contributed by atoms with Gasteiger partial charge in [0.1, 0.15) is 0 Å². The van der Waals surface area contributed by atoms with Gasteiger partial charge in [-0.15, -0.1) is 11.3 Å². The van der Waals surface area contributed by atoms with Crippen LogP contribution in [0.2, 0.25) is 0 Å². The van der Waals surface area contributed by atoms with E-state index in [2.05, 4.69) is 41.1 Å². The molecular formula is C13H24N4S. The molecule has 4 nitrogen and oxygen atoms in total. The van der Waals surface area contributed by atoms with Gasteiger partial charge in [0.25, 0.3) is 0 Å². The molecule has 1 aromatic rings. The fourth-order valence-corrected chi connectivity index (χ4v) is 3.58. The van der Waals surface area contributed by atoms with Gasteiger partial charge >= 0.3 is 0 Å². The van der Waals surface area contributed by atoms with E-state index in [1.807, 2.05) is 18.4 Å². The van der Waals surface area contributed by atoms with Crippen molar-refractivity contribution in [2.45, 2.75) is 19.9 Å². The summed E-state index contributed by atoms with van der Waals surface area (Å²) in [5.41, 5.74) is 1.17. The van der Waals surface area contributed by atoms with Crippen LogP contribution >= 0.6 is 11.3 Å². The zero-order valence-electron chi connectivity index (χ0n) is 11.9. The monoisotopic (exact) mass is 268 g/mol. The van der Waals surface area contributed by atoms with Gasteiger partial charge in [-0.25, -0.2) is 4.98 Å². The van der Waals surface area contributed by atoms with E-state index in [-0.39, 0.29) is 0 Å². The van der Waals surface area contributed by atoms with E-state index in [9.17, 15) is 0 Å². The summed E-state index contributed by atoms with van der Waals surface area (Å²) in [5.74, 6) is 0.789. The number of hydrogen-bond donors (Lipinski definition) is 1. The number of nitrogens with zero attached hydrogens (tertiary/aromatic N) is 3.